The zero-order chi connectivity index (χ0) is 14.7. The quantitative estimate of drug-likeness (QED) is 0.796. The number of nitrogens with one attached hydrogen (secondary N) is 1. The number of rotatable bonds is 4. The van der Waals surface area contributed by atoms with E-state index in [1.807, 2.05) is 24.3 Å². The molecule has 106 valence electrons. The van der Waals surface area contributed by atoms with Crippen molar-refractivity contribution in [2.24, 2.45) is 0 Å². The predicted octanol–water partition coefficient (Wildman–Crippen LogP) is 2.55. The third kappa shape index (κ3) is 3.17. The van der Waals surface area contributed by atoms with Gasteiger partial charge in [-0.2, -0.15) is 0 Å². The van der Waals surface area contributed by atoms with Gasteiger partial charge in [0.15, 0.2) is 12.4 Å². The lowest BCUT2D eigenvalue weighted by Crippen LogP contribution is -2.20. The first-order valence-corrected chi connectivity index (χ1v) is 6.41. The van der Waals surface area contributed by atoms with E-state index in [-0.39, 0.29) is 12.5 Å². The number of nitrogens with zero attached hydrogens (tertiary/aromatic N) is 2. The van der Waals surface area contributed by atoms with Crippen LogP contribution in [0.1, 0.15) is 5.76 Å². The van der Waals surface area contributed by atoms with Gasteiger partial charge < -0.3 is 14.6 Å². The lowest BCUT2D eigenvalue weighted by atomic mass is 10.2. The van der Waals surface area contributed by atoms with Crippen LogP contribution in [0.15, 0.2) is 47.1 Å². The van der Waals surface area contributed by atoms with Crippen molar-refractivity contribution in [3.8, 4) is 5.75 Å². The smallest absolute Gasteiger partial charge is 0.263 e. The van der Waals surface area contributed by atoms with Crippen molar-refractivity contribution >= 4 is 22.6 Å². The Hall–Kier alpha value is -2.89. The molecule has 0 aliphatic heterocycles. The molecule has 2 aromatic heterocycles. The van der Waals surface area contributed by atoms with Gasteiger partial charge in [0, 0.05) is 17.6 Å². The van der Waals surface area contributed by atoms with Crippen molar-refractivity contribution in [3.05, 3.63) is 48.4 Å². The maximum Gasteiger partial charge on any atom is 0.263 e. The van der Waals surface area contributed by atoms with Crippen molar-refractivity contribution in [3.63, 3.8) is 0 Å². The normalized spacial score (nSPS) is 10.5. The molecule has 1 aromatic carbocycles. The summed E-state index contributed by atoms with van der Waals surface area (Å²) in [6.45, 7) is 1.65. The second-order valence-corrected chi connectivity index (χ2v) is 4.52. The van der Waals surface area contributed by atoms with Crippen molar-refractivity contribution < 1.29 is 14.1 Å². The first-order chi connectivity index (χ1) is 10.2. The van der Waals surface area contributed by atoms with Crippen LogP contribution in [-0.2, 0) is 4.79 Å². The molecule has 3 rings (SSSR count). The fourth-order valence-electron chi connectivity index (χ4n) is 1.90. The Morgan fingerprint density at radius 2 is 2.24 bits per heavy atom. The highest BCUT2D eigenvalue weighted by molar-refractivity contribution is 5.91. The molecule has 0 atom stereocenters. The van der Waals surface area contributed by atoms with Crippen LogP contribution < -0.4 is 10.1 Å². The molecule has 0 aliphatic rings. The van der Waals surface area contributed by atoms with Crippen LogP contribution in [0.4, 0.5) is 5.82 Å². The Balaban J connectivity index is 1.61. The predicted molar refractivity (Wildman–Crippen MR) is 77.1 cm³/mol. The number of aromatic nitrogens is 2. The molecule has 0 saturated carbocycles. The summed E-state index contributed by atoms with van der Waals surface area (Å²) in [5.74, 6) is 1.33. The fraction of sp³-hybridized carbons (Fsp3) is 0.133. The fourth-order valence-corrected chi connectivity index (χ4v) is 1.90. The van der Waals surface area contributed by atoms with Crippen LogP contribution in [-0.4, -0.2) is 22.7 Å². The Bertz CT molecular complexity index is 782. The van der Waals surface area contributed by atoms with E-state index in [4.69, 9.17) is 9.26 Å². The van der Waals surface area contributed by atoms with Gasteiger partial charge in [-0.15, -0.1) is 0 Å². The molecule has 21 heavy (non-hydrogen) atoms. The molecule has 0 unspecified atom stereocenters. The van der Waals surface area contributed by atoms with Gasteiger partial charge in [-0.1, -0.05) is 11.2 Å². The number of carbonyl (C=O) groups excluding carboxylic acids is 1. The molecular weight excluding hydrogens is 270 g/mol. The van der Waals surface area contributed by atoms with E-state index >= 15 is 0 Å². The molecule has 6 nitrogen and oxygen atoms in total. The summed E-state index contributed by atoms with van der Waals surface area (Å²) < 4.78 is 10.3. The Kier molecular flexibility index (Phi) is 3.51. The maximum atomic E-state index is 11.7. The average Bonchev–Trinajstić information content (AvgIpc) is 2.90. The number of amides is 1. The highest BCUT2D eigenvalue weighted by atomic mass is 16.5. The Morgan fingerprint density at radius 3 is 3.05 bits per heavy atom. The van der Waals surface area contributed by atoms with Crippen LogP contribution in [0.5, 0.6) is 5.75 Å². The third-order valence-corrected chi connectivity index (χ3v) is 2.84. The number of carbonyl (C=O) groups is 1. The van der Waals surface area contributed by atoms with Crippen LogP contribution in [0.2, 0.25) is 0 Å². The lowest BCUT2D eigenvalue weighted by Gasteiger charge is -2.06. The summed E-state index contributed by atoms with van der Waals surface area (Å²) in [5, 5.41) is 7.23. The molecule has 0 spiro atoms. The molecule has 0 bridgehead atoms. The zero-order valence-electron chi connectivity index (χ0n) is 11.4. The van der Waals surface area contributed by atoms with Gasteiger partial charge in [0.1, 0.15) is 11.5 Å². The number of ether oxygens (including phenoxy) is 1. The van der Waals surface area contributed by atoms with Crippen LogP contribution >= 0.6 is 0 Å². The number of anilines is 1. The summed E-state index contributed by atoms with van der Waals surface area (Å²) in [6, 6.07) is 10.9. The van der Waals surface area contributed by atoms with Crippen LogP contribution in [0, 0.1) is 6.92 Å². The molecule has 1 amide bonds. The first kappa shape index (κ1) is 13.1. The van der Waals surface area contributed by atoms with E-state index in [1.54, 1.807) is 25.3 Å². The van der Waals surface area contributed by atoms with E-state index in [1.165, 1.54) is 0 Å². The van der Waals surface area contributed by atoms with Crippen molar-refractivity contribution in [2.75, 3.05) is 11.9 Å². The number of hydrogen-bond donors (Lipinski definition) is 1. The highest BCUT2D eigenvalue weighted by Crippen LogP contribution is 2.18. The number of aryl methyl sites for hydroxylation is 1. The van der Waals surface area contributed by atoms with E-state index < -0.39 is 0 Å². The summed E-state index contributed by atoms with van der Waals surface area (Å²) in [4.78, 5) is 16.0. The van der Waals surface area contributed by atoms with Crippen molar-refractivity contribution in [1.82, 2.24) is 10.1 Å². The number of benzene rings is 1. The van der Waals surface area contributed by atoms with E-state index in [0.717, 1.165) is 10.9 Å². The standard InChI is InChI=1S/C15H13N3O3/c1-10-7-14(18-21-10)17-15(19)9-20-12-4-5-13-11(8-12)3-2-6-16-13/h2-8H,9H2,1H3,(H,17,18,19). The van der Waals surface area contributed by atoms with Crippen LogP contribution in [0.25, 0.3) is 10.9 Å². The molecular formula is C15H13N3O3. The minimum absolute atomic E-state index is 0.0995. The van der Waals surface area contributed by atoms with E-state index in [2.05, 4.69) is 15.5 Å². The SMILES string of the molecule is Cc1cc(NC(=O)COc2ccc3ncccc3c2)no1. The van der Waals surface area contributed by atoms with Gasteiger partial charge in [-0.05, 0) is 31.2 Å². The highest BCUT2D eigenvalue weighted by Gasteiger charge is 2.07. The second-order valence-electron chi connectivity index (χ2n) is 4.52. The molecule has 2 heterocycles. The number of pyridine rings is 1. The van der Waals surface area contributed by atoms with E-state index in [0.29, 0.717) is 17.3 Å². The minimum Gasteiger partial charge on any atom is -0.484 e. The second kappa shape index (κ2) is 5.62. The number of fused-ring (bicyclic) bond motifs is 1. The van der Waals surface area contributed by atoms with Gasteiger partial charge in [0.05, 0.1) is 5.52 Å². The van der Waals surface area contributed by atoms with Gasteiger partial charge in [-0.25, -0.2) is 0 Å². The molecule has 0 saturated heterocycles. The van der Waals surface area contributed by atoms with Gasteiger partial charge in [0.2, 0.25) is 0 Å². The monoisotopic (exact) mass is 283 g/mol. The summed E-state index contributed by atoms with van der Waals surface area (Å²) in [7, 11) is 0. The topological polar surface area (TPSA) is 77.2 Å². The summed E-state index contributed by atoms with van der Waals surface area (Å²) >= 11 is 0. The maximum absolute atomic E-state index is 11.7. The van der Waals surface area contributed by atoms with Crippen LogP contribution in [0.3, 0.4) is 0 Å². The van der Waals surface area contributed by atoms with Gasteiger partial charge in [-0.3, -0.25) is 9.78 Å². The molecule has 0 aliphatic carbocycles. The first-order valence-electron chi connectivity index (χ1n) is 6.41. The largest absolute Gasteiger partial charge is 0.484 e. The van der Waals surface area contributed by atoms with Gasteiger partial charge >= 0.3 is 0 Å². The zero-order valence-corrected chi connectivity index (χ0v) is 11.4. The average molecular weight is 283 g/mol. The van der Waals surface area contributed by atoms with Crippen molar-refractivity contribution in [1.29, 1.82) is 0 Å². The lowest BCUT2D eigenvalue weighted by molar-refractivity contribution is -0.118. The minimum atomic E-state index is -0.297. The number of hydrogen-bond acceptors (Lipinski definition) is 5. The van der Waals surface area contributed by atoms with Gasteiger partial charge in [0.25, 0.3) is 5.91 Å². The molecule has 1 N–H and O–H groups in total. The molecule has 3 aromatic rings. The Labute approximate surface area is 120 Å². The molecule has 0 radical (unpaired) electrons. The molecule has 0 fully saturated rings. The molecule has 6 heteroatoms. The van der Waals surface area contributed by atoms with E-state index in [9.17, 15) is 4.79 Å². The summed E-state index contributed by atoms with van der Waals surface area (Å²) in [6.07, 6.45) is 1.73. The van der Waals surface area contributed by atoms with Crippen molar-refractivity contribution in [2.45, 2.75) is 6.92 Å². The summed E-state index contributed by atoms with van der Waals surface area (Å²) in [5.41, 5.74) is 0.882. The third-order valence-electron chi connectivity index (χ3n) is 2.84. The Morgan fingerprint density at radius 1 is 1.33 bits per heavy atom.